The minimum atomic E-state index is -0.118. The van der Waals surface area contributed by atoms with E-state index >= 15 is 0 Å². The molecular formula is C29H47NO3. The van der Waals surface area contributed by atoms with Crippen molar-refractivity contribution in [2.24, 2.45) is 57.2 Å². The number of aliphatic imine (C=N–C) groups is 1. The summed E-state index contributed by atoms with van der Waals surface area (Å²) in [6.45, 7) is 12.3. The largest absolute Gasteiger partial charge is 0.462 e. The van der Waals surface area contributed by atoms with E-state index in [1.165, 1.54) is 44.2 Å². The molecule has 4 nitrogen and oxygen atoms in total. The number of rotatable bonds is 3. The Labute approximate surface area is 201 Å². The van der Waals surface area contributed by atoms with Crippen molar-refractivity contribution in [2.75, 3.05) is 6.54 Å². The molecule has 1 heterocycles. The number of hydrogen-bond acceptors (Lipinski definition) is 4. The van der Waals surface area contributed by atoms with E-state index in [2.05, 4.69) is 27.7 Å². The minimum absolute atomic E-state index is 0.0343. The fourth-order valence-electron chi connectivity index (χ4n) is 9.91. The SMILES string of the molecule is CC(=O)OC1C[C@H]2[C@@H]3CCC4CC(O)CC[C@]4(C)[C@H]3CC[C@]2(C)C1C(C)C1=NCC(C)CC1. The Kier molecular flexibility index (Phi) is 6.24. The van der Waals surface area contributed by atoms with Crippen molar-refractivity contribution in [3.05, 3.63) is 0 Å². The minimum Gasteiger partial charge on any atom is -0.462 e. The highest BCUT2D eigenvalue weighted by Crippen LogP contribution is 2.68. The number of aliphatic hydroxyl groups is 1. The standard InChI is InChI=1S/C29H47NO3/c1-17-6-9-25(30-16-17)18(2)27-26(33-19(3)31)15-24-22-8-7-20-14-21(32)10-12-28(20,4)23(22)11-13-29(24,27)5/h17-18,20-24,26-27,32H,6-16H2,1-5H3/t17?,18?,20?,21?,22-,23+,24+,26?,27?,28+,29+/m1/s1. The maximum Gasteiger partial charge on any atom is 0.302 e. The number of hydrogen-bond donors (Lipinski definition) is 1. The molecular weight excluding hydrogens is 410 g/mol. The van der Waals surface area contributed by atoms with Crippen LogP contribution in [0.25, 0.3) is 0 Å². The fourth-order valence-corrected chi connectivity index (χ4v) is 9.91. The monoisotopic (exact) mass is 457 g/mol. The maximum atomic E-state index is 12.2. The third-order valence-corrected chi connectivity index (χ3v) is 11.6. The molecule has 0 aromatic rings. The molecule has 0 spiro atoms. The molecule has 0 amide bonds. The van der Waals surface area contributed by atoms with E-state index in [1.807, 2.05) is 0 Å². The predicted octanol–water partition coefficient (Wildman–Crippen LogP) is 6.05. The third-order valence-electron chi connectivity index (χ3n) is 11.6. The van der Waals surface area contributed by atoms with Crippen LogP contribution in [0.15, 0.2) is 4.99 Å². The van der Waals surface area contributed by atoms with E-state index in [0.29, 0.717) is 35.0 Å². The molecule has 4 aliphatic carbocycles. The molecule has 0 bridgehead atoms. The number of nitrogens with zero attached hydrogens (tertiary/aromatic N) is 1. The van der Waals surface area contributed by atoms with Gasteiger partial charge in [-0.15, -0.1) is 0 Å². The summed E-state index contributed by atoms with van der Waals surface area (Å²) in [6.07, 6.45) is 11.6. The number of aliphatic hydroxyl groups excluding tert-OH is 1. The van der Waals surface area contributed by atoms with Crippen molar-refractivity contribution in [3.8, 4) is 0 Å². The van der Waals surface area contributed by atoms with E-state index in [-0.39, 0.29) is 23.6 Å². The van der Waals surface area contributed by atoms with E-state index in [4.69, 9.17) is 9.73 Å². The molecule has 5 rings (SSSR count). The smallest absolute Gasteiger partial charge is 0.302 e. The zero-order chi connectivity index (χ0) is 23.5. The zero-order valence-electron chi connectivity index (χ0n) is 21.7. The molecule has 11 atom stereocenters. The second-order valence-electron chi connectivity index (χ2n) is 13.3. The summed E-state index contributed by atoms with van der Waals surface area (Å²) in [4.78, 5) is 17.2. The molecule has 0 aromatic carbocycles. The first kappa shape index (κ1) is 23.8. The van der Waals surface area contributed by atoms with Gasteiger partial charge in [0.05, 0.1) is 6.10 Å². The normalized spacial score (nSPS) is 50.4. The number of ether oxygens (including phenoxy) is 1. The van der Waals surface area contributed by atoms with Crippen molar-refractivity contribution in [1.29, 1.82) is 0 Å². The topological polar surface area (TPSA) is 58.9 Å². The van der Waals surface area contributed by atoms with Crippen LogP contribution in [0.1, 0.15) is 98.8 Å². The summed E-state index contributed by atoms with van der Waals surface area (Å²) < 4.78 is 6.11. The first-order chi connectivity index (χ1) is 15.6. The highest BCUT2D eigenvalue weighted by atomic mass is 16.5. The summed E-state index contributed by atoms with van der Waals surface area (Å²) in [5.41, 5.74) is 1.99. The molecule has 33 heavy (non-hydrogen) atoms. The lowest BCUT2D eigenvalue weighted by molar-refractivity contribution is -0.150. The van der Waals surface area contributed by atoms with Gasteiger partial charge < -0.3 is 9.84 Å². The Balaban J connectivity index is 1.44. The molecule has 6 unspecified atom stereocenters. The van der Waals surface area contributed by atoms with Crippen LogP contribution in [0.4, 0.5) is 0 Å². The molecule has 186 valence electrons. The number of carbonyl (C=O) groups excluding carboxylic acids is 1. The van der Waals surface area contributed by atoms with Crippen LogP contribution in [0.5, 0.6) is 0 Å². The predicted molar refractivity (Wildman–Crippen MR) is 132 cm³/mol. The molecule has 1 N–H and O–H groups in total. The second kappa shape index (κ2) is 8.64. The van der Waals surface area contributed by atoms with Crippen molar-refractivity contribution in [1.82, 2.24) is 0 Å². The van der Waals surface area contributed by atoms with E-state index < -0.39 is 0 Å². The molecule has 4 heteroatoms. The molecule has 5 aliphatic rings. The van der Waals surface area contributed by atoms with E-state index in [0.717, 1.165) is 44.1 Å². The third kappa shape index (κ3) is 3.91. The molecule has 4 fully saturated rings. The van der Waals surface area contributed by atoms with Crippen LogP contribution in [0.2, 0.25) is 0 Å². The molecule has 1 aliphatic heterocycles. The Morgan fingerprint density at radius 2 is 1.82 bits per heavy atom. The maximum absolute atomic E-state index is 12.2. The van der Waals surface area contributed by atoms with E-state index in [1.54, 1.807) is 6.92 Å². The Morgan fingerprint density at radius 3 is 2.52 bits per heavy atom. The van der Waals surface area contributed by atoms with Gasteiger partial charge in [0.15, 0.2) is 0 Å². The Hall–Kier alpha value is -0.900. The van der Waals surface area contributed by atoms with Gasteiger partial charge in [-0.3, -0.25) is 9.79 Å². The summed E-state index contributed by atoms with van der Waals surface area (Å²) in [5, 5.41) is 10.3. The lowest BCUT2D eigenvalue weighted by Crippen LogP contribution is -2.54. The Morgan fingerprint density at radius 1 is 1.06 bits per heavy atom. The summed E-state index contributed by atoms with van der Waals surface area (Å²) >= 11 is 0. The lowest BCUT2D eigenvalue weighted by atomic mass is 9.44. The van der Waals surface area contributed by atoms with Crippen LogP contribution < -0.4 is 0 Å². The second-order valence-corrected chi connectivity index (χ2v) is 13.3. The van der Waals surface area contributed by atoms with Gasteiger partial charge >= 0.3 is 5.97 Å². The lowest BCUT2D eigenvalue weighted by Gasteiger charge is -2.61. The van der Waals surface area contributed by atoms with Crippen molar-refractivity contribution in [3.63, 3.8) is 0 Å². The quantitative estimate of drug-likeness (QED) is 0.524. The molecule has 0 aromatic heterocycles. The van der Waals surface area contributed by atoms with Crippen molar-refractivity contribution >= 4 is 11.7 Å². The van der Waals surface area contributed by atoms with Gasteiger partial charge in [0, 0.05) is 31.0 Å². The van der Waals surface area contributed by atoms with Gasteiger partial charge in [-0.1, -0.05) is 27.7 Å². The van der Waals surface area contributed by atoms with Gasteiger partial charge in [-0.05, 0) is 105 Å². The number of fused-ring (bicyclic) bond motifs is 5. The number of esters is 1. The summed E-state index contributed by atoms with van der Waals surface area (Å²) in [7, 11) is 0. The van der Waals surface area contributed by atoms with Crippen molar-refractivity contribution in [2.45, 2.75) is 111 Å². The van der Waals surface area contributed by atoms with Crippen LogP contribution in [-0.2, 0) is 9.53 Å². The Bertz CT molecular complexity index is 794. The first-order valence-corrected chi connectivity index (χ1v) is 14.0. The number of carbonyl (C=O) groups is 1. The molecule has 0 radical (unpaired) electrons. The van der Waals surface area contributed by atoms with E-state index in [9.17, 15) is 9.90 Å². The highest BCUT2D eigenvalue weighted by molar-refractivity contribution is 5.87. The average molecular weight is 458 g/mol. The van der Waals surface area contributed by atoms with Gasteiger partial charge in [0.25, 0.3) is 0 Å². The zero-order valence-corrected chi connectivity index (χ0v) is 21.7. The van der Waals surface area contributed by atoms with Crippen LogP contribution in [-0.4, -0.2) is 35.5 Å². The van der Waals surface area contributed by atoms with Crippen molar-refractivity contribution < 1.29 is 14.6 Å². The summed E-state index contributed by atoms with van der Waals surface area (Å²) in [5.74, 6) is 4.19. The summed E-state index contributed by atoms with van der Waals surface area (Å²) in [6, 6.07) is 0. The average Bonchev–Trinajstić information content (AvgIpc) is 3.05. The van der Waals surface area contributed by atoms with Gasteiger partial charge in [0.2, 0.25) is 0 Å². The van der Waals surface area contributed by atoms with Gasteiger partial charge in [-0.2, -0.15) is 0 Å². The van der Waals surface area contributed by atoms with Crippen LogP contribution in [0.3, 0.4) is 0 Å². The van der Waals surface area contributed by atoms with Crippen LogP contribution >= 0.6 is 0 Å². The highest BCUT2D eigenvalue weighted by Gasteiger charge is 2.64. The van der Waals surface area contributed by atoms with Crippen LogP contribution in [0, 0.1) is 52.3 Å². The van der Waals surface area contributed by atoms with Gasteiger partial charge in [0.1, 0.15) is 6.10 Å². The van der Waals surface area contributed by atoms with Gasteiger partial charge in [-0.25, -0.2) is 0 Å². The first-order valence-electron chi connectivity index (χ1n) is 14.0. The molecule has 0 saturated heterocycles. The molecule has 4 saturated carbocycles. The fraction of sp³-hybridized carbons (Fsp3) is 0.931.